The van der Waals surface area contributed by atoms with Crippen molar-refractivity contribution >= 4 is 22.7 Å². The largest absolute Gasteiger partial charge is 0.131 e. The van der Waals surface area contributed by atoms with Gasteiger partial charge in [-0.2, -0.15) is 0 Å². The molecule has 0 unspecified atom stereocenters. The number of halogens is 1. The fourth-order valence-corrected chi connectivity index (χ4v) is 2.95. The van der Waals surface area contributed by atoms with Crippen LogP contribution >= 0.6 is 15.3 Å². The lowest BCUT2D eigenvalue weighted by atomic mass is 11.0. The van der Waals surface area contributed by atoms with Gasteiger partial charge >= 0.3 is 0 Å². The van der Waals surface area contributed by atoms with E-state index in [1.165, 1.54) is 0 Å². The van der Waals surface area contributed by atoms with Gasteiger partial charge in [-0.05, 0) is 0 Å². The van der Waals surface area contributed by atoms with Gasteiger partial charge in [-0.1, -0.05) is 12.1 Å². The highest BCUT2D eigenvalue weighted by atomic mass is 79.9. The fraction of sp³-hybridized carbons (Fsp3) is 1.00. The van der Waals surface area contributed by atoms with Crippen LogP contribution in [0.1, 0.15) is 0 Å². The zero-order valence-corrected chi connectivity index (χ0v) is 5.11. The molecule has 0 spiro atoms. The molecular formula is C2H5BrSi. The Hall–Kier alpha value is 0.697. The van der Waals surface area contributed by atoms with E-state index >= 15 is 0 Å². The maximum Gasteiger partial charge on any atom is 0.114 e. The Morgan fingerprint density at radius 2 is 1.75 bits per heavy atom. The quantitative estimate of drug-likeness (QED) is 0.346. The first-order chi connectivity index (χ1) is 1.89. The van der Waals surface area contributed by atoms with Crippen LogP contribution in [0.15, 0.2) is 0 Å². The first-order valence-corrected chi connectivity index (χ1v) is 6.35. The second-order valence-electron chi connectivity index (χ2n) is 1.17. The SMILES string of the molecule is Br[SiH]1CC1. The third-order valence-electron chi connectivity index (χ3n) is 0.507. The minimum Gasteiger partial charge on any atom is -0.131 e. The van der Waals surface area contributed by atoms with Crippen molar-refractivity contribution in [3.05, 3.63) is 0 Å². The van der Waals surface area contributed by atoms with Crippen molar-refractivity contribution in [3.8, 4) is 0 Å². The van der Waals surface area contributed by atoms with Crippen molar-refractivity contribution in [3.63, 3.8) is 0 Å². The molecule has 1 rings (SSSR count). The third-order valence-corrected chi connectivity index (χ3v) is 4.27. The molecule has 2 heteroatoms. The Labute approximate surface area is 35.4 Å². The summed E-state index contributed by atoms with van der Waals surface area (Å²) in [7, 11) is -0.0764. The van der Waals surface area contributed by atoms with E-state index < -0.39 is 0 Å². The van der Waals surface area contributed by atoms with E-state index in [2.05, 4.69) is 15.3 Å². The van der Waals surface area contributed by atoms with E-state index in [9.17, 15) is 0 Å². The molecule has 0 saturated carbocycles. The van der Waals surface area contributed by atoms with E-state index in [1.54, 1.807) is 12.1 Å². The molecule has 0 bridgehead atoms. The minimum atomic E-state index is -0.0764. The van der Waals surface area contributed by atoms with Crippen molar-refractivity contribution in [2.24, 2.45) is 0 Å². The fourth-order valence-electron chi connectivity index (χ4n) is 0.0630. The molecule has 0 aromatic heterocycles. The van der Waals surface area contributed by atoms with Gasteiger partial charge in [-0.25, -0.2) is 0 Å². The van der Waals surface area contributed by atoms with Crippen molar-refractivity contribution < 1.29 is 0 Å². The van der Waals surface area contributed by atoms with Gasteiger partial charge in [0.05, 0.1) is 0 Å². The highest BCUT2D eigenvalue weighted by molar-refractivity contribution is 9.25. The lowest BCUT2D eigenvalue weighted by Crippen LogP contribution is -1.53. The molecule has 0 radical (unpaired) electrons. The summed E-state index contributed by atoms with van der Waals surface area (Å²) < 4.78 is 0. The van der Waals surface area contributed by atoms with Crippen molar-refractivity contribution in [1.82, 2.24) is 0 Å². The van der Waals surface area contributed by atoms with Crippen LogP contribution < -0.4 is 0 Å². The minimum absolute atomic E-state index is 0.0764. The predicted octanol–water partition coefficient (Wildman–Crippen LogP) is 1.12. The summed E-state index contributed by atoms with van der Waals surface area (Å²) >= 11 is 3.52. The van der Waals surface area contributed by atoms with Crippen LogP contribution in [0.3, 0.4) is 0 Å². The summed E-state index contributed by atoms with van der Waals surface area (Å²) in [6.45, 7) is 0. The van der Waals surface area contributed by atoms with Gasteiger partial charge in [-0.15, -0.1) is 15.3 Å². The normalized spacial score (nSPS) is 26.2. The number of rotatable bonds is 0. The van der Waals surface area contributed by atoms with Crippen LogP contribution in [0.2, 0.25) is 12.1 Å². The lowest BCUT2D eigenvalue weighted by molar-refractivity contribution is 1.69. The molecule has 0 amide bonds. The van der Waals surface area contributed by atoms with Crippen LogP contribution in [0.4, 0.5) is 0 Å². The van der Waals surface area contributed by atoms with Gasteiger partial charge in [0.15, 0.2) is 0 Å². The molecule has 0 aromatic carbocycles. The maximum atomic E-state index is 3.52. The van der Waals surface area contributed by atoms with E-state index in [0.29, 0.717) is 0 Å². The predicted molar refractivity (Wildman–Crippen MR) is 25.7 cm³/mol. The van der Waals surface area contributed by atoms with Gasteiger partial charge in [-0.3, -0.25) is 0 Å². The summed E-state index contributed by atoms with van der Waals surface area (Å²) in [5.74, 6) is 0. The average molecular weight is 137 g/mol. The molecule has 0 aromatic rings. The standard InChI is InChI=1S/C2H5BrSi/c3-4-1-2-4/h4H,1-2H2. The van der Waals surface area contributed by atoms with E-state index in [4.69, 9.17) is 0 Å². The first-order valence-electron chi connectivity index (χ1n) is 1.53. The summed E-state index contributed by atoms with van der Waals surface area (Å²) in [6, 6.07) is 3.08. The van der Waals surface area contributed by atoms with Crippen LogP contribution in [0, 0.1) is 0 Å². The van der Waals surface area contributed by atoms with E-state index in [1.807, 2.05) is 0 Å². The smallest absolute Gasteiger partial charge is 0.114 e. The molecule has 0 nitrogen and oxygen atoms in total. The summed E-state index contributed by atoms with van der Waals surface area (Å²) in [4.78, 5) is 0. The highest BCUT2D eigenvalue weighted by Crippen LogP contribution is 2.25. The molecule has 1 heterocycles. The van der Waals surface area contributed by atoms with Crippen molar-refractivity contribution in [2.75, 3.05) is 0 Å². The summed E-state index contributed by atoms with van der Waals surface area (Å²) in [6.07, 6.45) is 0. The van der Waals surface area contributed by atoms with E-state index in [-0.39, 0.29) is 7.42 Å². The Kier molecular flexibility index (Phi) is 0.603. The van der Waals surface area contributed by atoms with Crippen LogP contribution in [0.5, 0.6) is 0 Å². The zero-order valence-electron chi connectivity index (χ0n) is 2.37. The first kappa shape index (κ1) is 2.91. The van der Waals surface area contributed by atoms with Crippen LogP contribution in [-0.2, 0) is 0 Å². The average Bonchev–Trinajstić information content (AvgIpc) is 1.75. The molecule has 1 aliphatic heterocycles. The topological polar surface area (TPSA) is 0 Å². The second kappa shape index (κ2) is 0.828. The van der Waals surface area contributed by atoms with Gasteiger partial charge in [0.2, 0.25) is 0 Å². The molecule has 1 aliphatic rings. The molecule has 1 fully saturated rings. The van der Waals surface area contributed by atoms with Gasteiger partial charge in [0.25, 0.3) is 0 Å². The van der Waals surface area contributed by atoms with Crippen molar-refractivity contribution in [2.45, 2.75) is 12.1 Å². The van der Waals surface area contributed by atoms with Crippen LogP contribution in [-0.4, -0.2) is 7.42 Å². The highest BCUT2D eigenvalue weighted by Gasteiger charge is 2.18. The Balaban J connectivity index is 2.17. The van der Waals surface area contributed by atoms with E-state index in [0.717, 1.165) is 0 Å². The molecule has 4 heavy (non-hydrogen) atoms. The summed E-state index contributed by atoms with van der Waals surface area (Å²) in [5, 5.41) is 0. The maximum absolute atomic E-state index is 3.52. The number of hydrogen-bond donors (Lipinski definition) is 0. The second-order valence-corrected chi connectivity index (χ2v) is 7.41. The molecule has 0 atom stereocenters. The Morgan fingerprint density at radius 1 is 1.50 bits per heavy atom. The Morgan fingerprint density at radius 3 is 1.75 bits per heavy atom. The monoisotopic (exact) mass is 136 g/mol. The van der Waals surface area contributed by atoms with Crippen molar-refractivity contribution in [1.29, 1.82) is 0 Å². The third kappa shape index (κ3) is 0.568. The Bertz CT molecular complexity index is 25.2. The van der Waals surface area contributed by atoms with Gasteiger partial charge in [0, 0.05) is 0 Å². The molecule has 0 N–H and O–H groups in total. The van der Waals surface area contributed by atoms with Gasteiger partial charge < -0.3 is 0 Å². The van der Waals surface area contributed by atoms with Crippen LogP contribution in [0.25, 0.3) is 0 Å². The summed E-state index contributed by atoms with van der Waals surface area (Å²) in [5.41, 5.74) is 0. The molecular weight excluding hydrogens is 132 g/mol. The molecule has 0 aliphatic carbocycles. The molecule has 24 valence electrons. The molecule has 1 saturated heterocycles. The number of hydrogen-bond acceptors (Lipinski definition) is 0. The lowest BCUT2D eigenvalue weighted by Gasteiger charge is -1.46. The van der Waals surface area contributed by atoms with Gasteiger partial charge in [0.1, 0.15) is 7.42 Å². The zero-order chi connectivity index (χ0) is 2.99.